The van der Waals surface area contributed by atoms with Gasteiger partial charge in [-0.3, -0.25) is 0 Å². The number of nitrogens with zero attached hydrogens (tertiary/aromatic N) is 1. The first kappa shape index (κ1) is 16.2. The Hall–Kier alpha value is -0.810. The van der Waals surface area contributed by atoms with E-state index >= 15 is 0 Å². The smallest absolute Gasteiger partial charge is 0.317 e. The molecule has 0 aromatic carbocycles. The minimum atomic E-state index is 0.0626. The van der Waals surface area contributed by atoms with Crippen LogP contribution < -0.4 is 10.6 Å². The predicted molar refractivity (Wildman–Crippen MR) is 77.4 cm³/mol. The van der Waals surface area contributed by atoms with Gasteiger partial charge in [0.05, 0.1) is 0 Å². The second kappa shape index (κ2) is 10.0. The topological polar surface area (TPSA) is 53.6 Å². The summed E-state index contributed by atoms with van der Waals surface area (Å²) in [6.45, 7) is 9.52. The van der Waals surface area contributed by atoms with E-state index in [4.69, 9.17) is 4.74 Å². The second-order valence-electron chi connectivity index (χ2n) is 5.15. The highest BCUT2D eigenvalue weighted by atomic mass is 16.5. The number of amides is 2. The van der Waals surface area contributed by atoms with E-state index in [2.05, 4.69) is 24.5 Å². The number of hydrogen-bond donors (Lipinski definition) is 2. The maximum absolute atomic E-state index is 11.4. The predicted octanol–water partition coefficient (Wildman–Crippen LogP) is 1.59. The maximum Gasteiger partial charge on any atom is 0.317 e. The van der Waals surface area contributed by atoms with Crippen molar-refractivity contribution < 1.29 is 9.53 Å². The molecule has 0 aromatic rings. The van der Waals surface area contributed by atoms with E-state index in [0.29, 0.717) is 6.04 Å². The van der Waals surface area contributed by atoms with Crippen LogP contribution in [0.4, 0.5) is 4.79 Å². The lowest BCUT2D eigenvalue weighted by molar-refractivity contribution is 0.120. The van der Waals surface area contributed by atoms with Crippen molar-refractivity contribution in [2.75, 3.05) is 39.4 Å². The number of carbonyl (C=O) groups excluding carboxylic acids is 1. The van der Waals surface area contributed by atoms with Gasteiger partial charge >= 0.3 is 6.03 Å². The second-order valence-corrected chi connectivity index (χ2v) is 5.15. The van der Waals surface area contributed by atoms with Gasteiger partial charge in [-0.25, -0.2) is 4.79 Å². The van der Waals surface area contributed by atoms with Gasteiger partial charge in [0.25, 0.3) is 0 Å². The van der Waals surface area contributed by atoms with Crippen LogP contribution in [0.2, 0.25) is 0 Å². The Kier molecular flexibility index (Phi) is 8.58. The Bertz CT molecular complexity index is 249. The zero-order chi connectivity index (χ0) is 13.9. The van der Waals surface area contributed by atoms with Gasteiger partial charge < -0.3 is 20.3 Å². The highest BCUT2D eigenvalue weighted by Crippen LogP contribution is 2.06. The first-order chi connectivity index (χ1) is 9.25. The molecule has 5 nitrogen and oxygen atoms in total. The van der Waals surface area contributed by atoms with Gasteiger partial charge in [0.1, 0.15) is 0 Å². The summed E-state index contributed by atoms with van der Waals surface area (Å²) in [6.07, 6.45) is 4.47. The molecule has 2 amide bonds. The van der Waals surface area contributed by atoms with Gasteiger partial charge in [-0.05, 0) is 39.3 Å². The lowest BCUT2D eigenvalue weighted by Crippen LogP contribution is -2.33. The molecule has 1 rings (SSSR count). The van der Waals surface area contributed by atoms with Crippen LogP contribution in [0.25, 0.3) is 0 Å². The average Bonchev–Trinajstić information content (AvgIpc) is 2.72. The first-order valence-electron chi connectivity index (χ1n) is 7.58. The van der Waals surface area contributed by atoms with E-state index in [9.17, 15) is 4.79 Å². The summed E-state index contributed by atoms with van der Waals surface area (Å²) in [5, 5.41) is 6.24. The molecule has 19 heavy (non-hydrogen) atoms. The fraction of sp³-hybridized carbons (Fsp3) is 0.929. The molecule has 2 N–H and O–H groups in total. The van der Waals surface area contributed by atoms with Gasteiger partial charge in [-0.2, -0.15) is 0 Å². The maximum atomic E-state index is 11.4. The van der Waals surface area contributed by atoms with Gasteiger partial charge in [0, 0.05) is 32.3 Å². The van der Waals surface area contributed by atoms with E-state index in [1.807, 2.05) is 4.90 Å². The van der Waals surface area contributed by atoms with Crippen molar-refractivity contribution in [2.45, 2.75) is 45.6 Å². The Morgan fingerprint density at radius 2 is 2.05 bits per heavy atom. The first-order valence-corrected chi connectivity index (χ1v) is 7.58. The van der Waals surface area contributed by atoms with E-state index in [0.717, 1.165) is 52.2 Å². The third-order valence-corrected chi connectivity index (χ3v) is 3.38. The van der Waals surface area contributed by atoms with Crippen molar-refractivity contribution in [3.8, 4) is 0 Å². The van der Waals surface area contributed by atoms with Gasteiger partial charge in [-0.1, -0.05) is 13.3 Å². The monoisotopic (exact) mass is 271 g/mol. The SMILES string of the molecule is CCCCNCCCOCCCN1C(=O)NCC1C. The van der Waals surface area contributed by atoms with Gasteiger partial charge in [0.2, 0.25) is 0 Å². The van der Waals surface area contributed by atoms with Crippen molar-refractivity contribution in [1.82, 2.24) is 15.5 Å². The van der Waals surface area contributed by atoms with E-state index in [1.54, 1.807) is 0 Å². The molecule has 0 aromatic heterocycles. The normalized spacial score (nSPS) is 18.9. The lowest BCUT2D eigenvalue weighted by atomic mass is 10.3. The number of urea groups is 1. The summed E-state index contributed by atoms with van der Waals surface area (Å²) in [5.74, 6) is 0. The standard InChI is InChI=1S/C14H29N3O2/c1-3-4-7-15-8-5-10-19-11-6-9-17-13(2)12-16-14(17)18/h13,15H,3-12H2,1-2H3,(H,16,18). The molecule has 1 heterocycles. The number of unbranched alkanes of at least 4 members (excludes halogenated alkanes) is 1. The Morgan fingerprint density at radius 1 is 1.32 bits per heavy atom. The molecule has 1 aliphatic heterocycles. The third kappa shape index (κ3) is 6.78. The zero-order valence-electron chi connectivity index (χ0n) is 12.4. The van der Waals surface area contributed by atoms with Gasteiger partial charge in [-0.15, -0.1) is 0 Å². The summed E-state index contributed by atoms with van der Waals surface area (Å²) in [6, 6.07) is 0.378. The Labute approximate surface area is 117 Å². The molecule has 1 aliphatic rings. The van der Waals surface area contributed by atoms with Gasteiger partial charge in [0.15, 0.2) is 0 Å². The molecular weight excluding hydrogens is 242 g/mol. The van der Waals surface area contributed by atoms with Crippen molar-refractivity contribution in [1.29, 1.82) is 0 Å². The Balaban J connectivity index is 1.85. The van der Waals surface area contributed by atoms with E-state index < -0.39 is 0 Å². The van der Waals surface area contributed by atoms with Crippen LogP contribution >= 0.6 is 0 Å². The number of nitrogens with one attached hydrogen (secondary N) is 2. The molecule has 1 saturated heterocycles. The third-order valence-electron chi connectivity index (χ3n) is 3.38. The summed E-state index contributed by atoms with van der Waals surface area (Å²) < 4.78 is 5.57. The lowest BCUT2D eigenvalue weighted by Gasteiger charge is -2.19. The van der Waals surface area contributed by atoms with Crippen molar-refractivity contribution >= 4 is 6.03 Å². The molecule has 0 saturated carbocycles. The summed E-state index contributed by atoms with van der Waals surface area (Å²) in [4.78, 5) is 13.3. The largest absolute Gasteiger partial charge is 0.381 e. The molecule has 1 fully saturated rings. The minimum absolute atomic E-state index is 0.0626. The van der Waals surface area contributed by atoms with Crippen LogP contribution in [0.5, 0.6) is 0 Å². The number of carbonyl (C=O) groups is 1. The molecule has 5 heteroatoms. The number of hydrogen-bond acceptors (Lipinski definition) is 3. The highest BCUT2D eigenvalue weighted by Gasteiger charge is 2.25. The van der Waals surface area contributed by atoms with Crippen LogP contribution in [0.15, 0.2) is 0 Å². The van der Waals surface area contributed by atoms with Crippen molar-refractivity contribution in [3.63, 3.8) is 0 Å². The molecular formula is C14H29N3O2. The molecule has 0 spiro atoms. The minimum Gasteiger partial charge on any atom is -0.381 e. The molecule has 112 valence electrons. The van der Waals surface area contributed by atoms with Crippen LogP contribution in [0.3, 0.4) is 0 Å². The molecule has 0 aliphatic carbocycles. The zero-order valence-corrected chi connectivity index (χ0v) is 12.4. The number of rotatable bonds is 11. The van der Waals surface area contributed by atoms with E-state index in [-0.39, 0.29) is 6.03 Å². The summed E-state index contributed by atoms with van der Waals surface area (Å²) >= 11 is 0. The molecule has 0 bridgehead atoms. The fourth-order valence-corrected chi connectivity index (χ4v) is 2.13. The van der Waals surface area contributed by atoms with Crippen LogP contribution in [-0.2, 0) is 4.74 Å². The highest BCUT2D eigenvalue weighted by molar-refractivity contribution is 5.76. The van der Waals surface area contributed by atoms with Crippen molar-refractivity contribution in [2.24, 2.45) is 0 Å². The summed E-state index contributed by atoms with van der Waals surface area (Å²) in [7, 11) is 0. The molecule has 1 unspecified atom stereocenters. The van der Waals surface area contributed by atoms with Crippen molar-refractivity contribution in [3.05, 3.63) is 0 Å². The van der Waals surface area contributed by atoms with Crippen LogP contribution in [0.1, 0.15) is 39.5 Å². The van der Waals surface area contributed by atoms with Crippen LogP contribution in [0, 0.1) is 0 Å². The molecule has 0 radical (unpaired) electrons. The molecule has 1 atom stereocenters. The quantitative estimate of drug-likeness (QED) is 0.561. The van der Waals surface area contributed by atoms with Crippen LogP contribution in [-0.4, -0.2) is 56.4 Å². The number of ether oxygens (including phenoxy) is 1. The summed E-state index contributed by atoms with van der Waals surface area (Å²) in [5.41, 5.74) is 0. The Morgan fingerprint density at radius 3 is 2.74 bits per heavy atom. The van der Waals surface area contributed by atoms with E-state index in [1.165, 1.54) is 12.8 Å². The fourth-order valence-electron chi connectivity index (χ4n) is 2.13. The average molecular weight is 271 g/mol.